The molecule has 74 valence electrons. The van der Waals surface area contributed by atoms with Gasteiger partial charge >= 0.3 is 0 Å². The normalized spacial score (nSPS) is 12.2. The Hall–Kier alpha value is -1.19. The Bertz CT molecular complexity index is 417. The molecule has 0 amide bonds. The van der Waals surface area contributed by atoms with E-state index in [1.54, 1.807) is 6.07 Å². The Kier molecular flexibility index (Phi) is 3.03. The molecular formula is C8H5BrF2N2O. The highest BCUT2D eigenvalue weighted by atomic mass is 79.9. The lowest BCUT2D eigenvalue weighted by molar-refractivity contribution is 0.398. The minimum atomic E-state index is -1.42. The van der Waals surface area contributed by atoms with Crippen molar-refractivity contribution in [1.82, 2.24) is 0 Å². The van der Waals surface area contributed by atoms with Crippen LogP contribution < -0.4 is 5.73 Å². The molecular weight excluding hydrogens is 258 g/mol. The zero-order chi connectivity index (χ0) is 10.9. The first-order valence-electron chi connectivity index (χ1n) is 3.50. The van der Waals surface area contributed by atoms with Crippen molar-refractivity contribution in [1.29, 1.82) is 5.26 Å². The number of benzene rings is 1. The Labute approximate surface area is 86.9 Å². The van der Waals surface area contributed by atoms with Crippen molar-refractivity contribution in [3.63, 3.8) is 0 Å². The largest absolute Gasteiger partial charge is 0.504 e. The summed E-state index contributed by atoms with van der Waals surface area (Å²) in [6.45, 7) is 0. The Morgan fingerprint density at radius 2 is 2.07 bits per heavy atom. The molecule has 0 aliphatic heterocycles. The van der Waals surface area contributed by atoms with Crippen molar-refractivity contribution in [3.8, 4) is 11.8 Å². The van der Waals surface area contributed by atoms with Gasteiger partial charge in [-0.15, -0.1) is 0 Å². The van der Waals surface area contributed by atoms with E-state index in [0.717, 1.165) is 6.07 Å². The smallest absolute Gasteiger partial charge is 0.201 e. The van der Waals surface area contributed by atoms with E-state index in [2.05, 4.69) is 15.9 Å². The third-order valence-electron chi connectivity index (χ3n) is 1.64. The number of phenolic OH excluding ortho intramolecular Hbond substituents is 1. The highest BCUT2D eigenvalue weighted by Gasteiger charge is 2.20. The van der Waals surface area contributed by atoms with Gasteiger partial charge in [0, 0.05) is 5.56 Å². The number of rotatable bonds is 1. The number of halogens is 3. The van der Waals surface area contributed by atoms with Crippen LogP contribution in [0.25, 0.3) is 0 Å². The van der Waals surface area contributed by atoms with E-state index in [9.17, 15) is 8.78 Å². The third kappa shape index (κ3) is 1.69. The first-order chi connectivity index (χ1) is 6.49. The van der Waals surface area contributed by atoms with Gasteiger partial charge in [0.1, 0.15) is 6.04 Å². The van der Waals surface area contributed by atoms with Crippen LogP contribution in [-0.4, -0.2) is 5.11 Å². The van der Waals surface area contributed by atoms with Gasteiger partial charge in [0.2, 0.25) is 5.82 Å². The number of nitrogens with two attached hydrogens (primary N) is 1. The van der Waals surface area contributed by atoms with Crippen molar-refractivity contribution in [3.05, 3.63) is 27.7 Å². The maximum atomic E-state index is 12.9. The molecule has 0 aliphatic rings. The van der Waals surface area contributed by atoms with Crippen LogP contribution in [0.5, 0.6) is 5.75 Å². The maximum Gasteiger partial charge on any atom is 0.201 e. The SMILES string of the molecule is N#C[C@H](N)c1cc(Br)c(F)c(F)c1O. The molecule has 0 aliphatic carbocycles. The number of hydrogen-bond acceptors (Lipinski definition) is 3. The molecule has 3 nitrogen and oxygen atoms in total. The lowest BCUT2D eigenvalue weighted by Gasteiger charge is -2.08. The van der Waals surface area contributed by atoms with E-state index in [4.69, 9.17) is 16.1 Å². The maximum absolute atomic E-state index is 12.9. The number of nitriles is 1. The summed E-state index contributed by atoms with van der Waals surface area (Å²) in [5.41, 5.74) is 5.10. The summed E-state index contributed by atoms with van der Waals surface area (Å²) in [6.07, 6.45) is 0. The number of aromatic hydroxyl groups is 1. The molecule has 0 heterocycles. The van der Waals surface area contributed by atoms with Gasteiger partial charge < -0.3 is 10.8 Å². The minimum Gasteiger partial charge on any atom is -0.504 e. The van der Waals surface area contributed by atoms with Crippen LogP contribution in [0, 0.1) is 23.0 Å². The van der Waals surface area contributed by atoms with Crippen LogP contribution in [0.15, 0.2) is 10.5 Å². The lowest BCUT2D eigenvalue weighted by Crippen LogP contribution is -2.09. The molecule has 0 radical (unpaired) electrons. The number of nitrogens with zero attached hydrogens (tertiary/aromatic N) is 1. The van der Waals surface area contributed by atoms with Gasteiger partial charge in [0.15, 0.2) is 11.6 Å². The molecule has 1 aromatic rings. The summed E-state index contributed by atoms with van der Waals surface area (Å²) in [6, 6.07) is 1.48. The Morgan fingerprint density at radius 1 is 1.50 bits per heavy atom. The molecule has 1 rings (SSSR count). The minimum absolute atomic E-state index is 0.154. The molecule has 1 atom stereocenters. The zero-order valence-electron chi connectivity index (χ0n) is 6.76. The van der Waals surface area contributed by atoms with Gasteiger partial charge in [-0.25, -0.2) is 4.39 Å². The molecule has 3 N–H and O–H groups in total. The van der Waals surface area contributed by atoms with Gasteiger partial charge in [-0.1, -0.05) is 0 Å². The number of phenols is 1. The number of hydrogen-bond donors (Lipinski definition) is 2. The summed E-state index contributed by atoms with van der Waals surface area (Å²) in [5, 5.41) is 17.6. The fourth-order valence-electron chi connectivity index (χ4n) is 0.910. The summed E-state index contributed by atoms with van der Waals surface area (Å²) in [7, 11) is 0. The highest BCUT2D eigenvalue weighted by Crippen LogP contribution is 2.32. The molecule has 0 bridgehead atoms. The van der Waals surface area contributed by atoms with E-state index in [-0.39, 0.29) is 10.0 Å². The summed E-state index contributed by atoms with van der Waals surface area (Å²) in [5.74, 6) is -3.56. The molecule has 0 saturated carbocycles. The summed E-state index contributed by atoms with van der Waals surface area (Å²) < 4.78 is 25.6. The first-order valence-corrected chi connectivity index (χ1v) is 4.30. The van der Waals surface area contributed by atoms with Gasteiger partial charge in [-0.05, 0) is 22.0 Å². The van der Waals surface area contributed by atoms with Crippen LogP contribution >= 0.6 is 15.9 Å². The molecule has 6 heteroatoms. The monoisotopic (exact) mass is 262 g/mol. The fraction of sp³-hybridized carbons (Fsp3) is 0.125. The van der Waals surface area contributed by atoms with Crippen molar-refractivity contribution < 1.29 is 13.9 Å². The predicted octanol–water partition coefficient (Wildman–Crippen LogP) is 1.96. The van der Waals surface area contributed by atoms with Gasteiger partial charge in [-0.3, -0.25) is 0 Å². The van der Waals surface area contributed by atoms with Gasteiger partial charge in [0.05, 0.1) is 10.5 Å². The Morgan fingerprint density at radius 3 is 2.57 bits per heavy atom. The Balaban J connectivity index is 3.42. The second-order valence-electron chi connectivity index (χ2n) is 2.53. The molecule has 0 fully saturated rings. The van der Waals surface area contributed by atoms with Crippen LogP contribution in [0.2, 0.25) is 0 Å². The van der Waals surface area contributed by atoms with Crippen molar-refractivity contribution in [2.24, 2.45) is 5.73 Å². The van der Waals surface area contributed by atoms with Crippen LogP contribution in [0.1, 0.15) is 11.6 Å². The molecule has 14 heavy (non-hydrogen) atoms. The average molecular weight is 263 g/mol. The first kappa shape index (κ1) is 10.9. The fourth-order valence-corrected chi connectivity index (χ4v) is 1.33. The van der Waals surface area contributed by atoms with E-state index in [1.807, 2.05) is 0 Å². The topological polar surface area (TPSA) is 70.0 Å². The zero-order valence-corrected chi connectivity index (χ0v) is 8.35. The van der Waals surface area contributed by atoms with Crippen LogP contribution in [-0.2, 0) is 0 Å². The van der Waals surface area contributed by atoms with Crippen molar-refractivity contribution >= 4 is 15.9 Å². The van der Waals surface area contributed by atoms with E-state index in [1.165, 1.54) is 0 Å². The van der Waals surface area contributed by atoms with Crippen LogP contribution in [0.4, 0.5) is 8.78 Å². The van der Waals surface area contributed by atoms with E-state index in [0.29, 0.717) is 0 Å². The van der Waals surface area contributed by atoms with Gasteiger partial charge in [-0.2, -0.15) is 9.65 Å². The van der Waals surface area contributed by atoms with Gasteiger partial charge in [0.25, 0.3) is 0 Å². The van der Waals surface area contributed by atoms with E-state index >= 15 is 0 Å². The second-order valence-corrected chi connectivity index (χ2v) is 3.39. The van der Waals surface area contributed by atoms with E-state index < -0.39 is 23.4 Å². The third-order valence-corrected chi connectivity index (χ3v) is 2.22. The molecule has 0 aromatic heterocycles. The lowest BCUT2D eigenvalue weighted by atomic mass is 10.1. The van der Waals surface area contributed by atoms with Crippen molar-refractivity contribution in [2.45, 2.75) is 6.04 Å². The average Bonchev–Trinajstić information content (AvgIpc) is 2.19. The summed E-state index contributed by atoms with van der Waals surface area (Å²) in [4.78, 5) is 0. The molecule has 0 unspecified atom stereocenters. The molecule has 0 spiro atoms. The standard InChI is InChI=1S/C8H5BrF2N2O/c9-4-1-3(5(13)2-12)8(14)7(11)6(4)10/h1,5,14H,13H2/t5-/m0/s1. The summed E-state index contributed by atoms with van der Waals surface area (Å²) >= 11 is 2.74. The quantitative estimate of drug-likeness (QED) is 0.761. The van der Waals surface area contributed by atoms with Crippen LogP contribution in [0.3, 0.4) is 0 Å². The highest BCUT2D eigenvalue weighted by molar-refractivity contribution is 9.10. The second kappa shape index (κ2) is 3.90. The predicted molar refractivity (Wildman–Crippen MR) is 48.3 cm³/mol. The van der Waals surface area contributed by atoms with Crippen molar-refractivity contribution in [2.75, 3.05) is 0 Å². The molecule has 0 saturated heterocycles. The molecule has 1 aromatic carbocycles.